The number of nitrogens with one attached hydrogen (secondary N) is 1. The molecule has 0 radical (unpaired) electrons. The molecular formula is C18H25N3OS. The zero-order valence-electron chi connectivity index (χ0n) is 14.1. The second-order valence-corrected chi connectivity index (χ2v) is 7.59. The minimum Gasteiger partial charge on any atom is -0.354 e. The van der Waals surface area contributed by atoms with Crippen LogP contribution in [0.5, 0.6) is 0 Å². The van der Waals surface area contributed by atoms with Crippen molar-refractivity contribution in [3.05, 3.63) is 23.8 Å². The third-order valence-corrected chi connectivity index (χ3v) is 5.50. The summed E-state index contributed by atoms with van der Waals surface area (Å²) in [4.78, 5) is 19.2. The number of aromatic nitrogens is 1. The number of nitrogens with zero attached hydrogens (tertiary/aromatic N) is 2. The molecule has 23 heavy (non-hydrogen) atoms. The summed E-state index contributed by atoms with van der Waals surface area (Å²) >= 11 is 1.77. The van der Waals surface area contributed by atoms with Gasteiger partial charge in [-0.05, 0) is 50.8 Å². The highest BCUT2D eigenvalue weighted by Gasteiger charge is 2.26. The summed E-state index contributed by atoms with van der Waals surface area (Å²) in [6.45, 7) is 8.03. The molecule has 0 aliphatic carbocycles. The largest absolute Gasteiger partial charge is 0.354 e. The van der Waals surface area contributed by atoms with E-state index < -0.39 is 0 Å². The van der Waals surface area contributed by atoms with E-state index in [4.69, 9.17) is 4.98 Å². The van der Waals surface area contributed by atoms with Crippen molar-refractivity contribution in [1.82, 2.24) is 10.3 Å². The quantitative estimate of drug-likeness (QED) is 0.931. The maximum absolute atomic E-state index is 12.1. The molecule has 2 aromatic rings. The molecule has 2 heterocycles. The van der Waals surface area contributed by atoms with E-state index in [1.165, 1.54) is 10.3 Å². The molecule has 1 aromatic heterocycles. The number of benzene rings is 1. The molecule has 1 amide bonds. The minimum absolute atomic E-state index is 0.148. The van der Waals surface area contributed by atoms with Crippen molar-refractivity contribution in [2.24, 2.45) is 5.92 Å². The van der Waals surface area contributed by atoms with Crippen molar-refractivity contribution < 1.29 is 4.79 Å². The number of hydrogen-bond acceptors (Lipinski definition) is 4. The summed E-state index contributed by atoms with van der Waals surface area (Å²) < 4.78 is 1.26. The molecule has 1 aliphatic heterocycles. The Bertz CT molecular complexity index is 687. The summed E-state index contributed by atoms with van der Waals surface area (Å²) in [6, 6.07) is 6.75. The first-order valence-corrected chi connectivity index (χ1v) is 9.33. The fourth-order valence-electron chi connectivity index (χ4n) is 3.05. The Balaban J connectivity index is 1.66. The standard InChI is InChI=1S/C18H25N3OS/c1-4-13-5-6-15-16(11-13)23-18(20-15)21-9-7-14(8-10-21)17(22)19-12(2)3/h5-6,11-12,14H,4,7-10H2,1-3H3,(H,19,22). The zero-order chi connectivity index (χ0) is 16.4. The van der Waals surface area contributed by atoms with Gasteiger partial charge in [-0.2, -0.15) is 0 Å². The van der Waals surface area contributed by atoms with Gasteiger partial charge in [0.05, 0.1) is 10.2 Å². The average Bonchev–Trinajstić information content (AvgIpc) is 2.97. The van der Waals surface area contributed by atoms with Gasteiger partial charge >= 0.3 is 0 Å². The van der Waals surface area contributed by atoms with E-state index in [2.05, 4.69) is 35.3 Å². The van der Waals surface area contributed by atoms with Crippen LogP contribution in [0.25, 0.3) is 10.2 Å². The Morgan fingerprint density at radius 3 is 2.78 bits per heavy atom. The van der Waals surface area contributed by atoms with Crippen molar-refractivity contribution in [2.45, 2.75) is 46.1 Å². The highest BCUT2D eigenvalue weighted by molar-refractivity contribution is 7.22. The molecule has 5 heteroatoms. The predicted octanol–water partition coefficient (Wildman–Crippen LogP) is 3.60. The summed E-state index contributed by atoms with van der Waals surface area (Å²) in [7, 11) is 0. The van der Waals surface area contributed by atoms with E-state index in [1.54, 1.807) is 11.3 Å². The SMILES string of the molecule is CCc1ccc2nc(N3CCC(C(=O)NC(C)C)CC3)sc2c1. The Morgan fingerprint density at radius 1 is 1.39 bits per heavy atom. The second-order valence-electron chi connectivity index (χ2n) is 6.58. The number of aryl methyl sites for hydroxylation is 1. The van der Waals surface area contributed by atoms with Gasteiger partial charge in [0.15, 0.2) is 5.13 Å². The van der Waals surface area contributed by atoms with E-state index in [9.17, 15) is 4.79 Å². The van der Waals surface area contributed by atoms with E-state index >= 15 is 0 Å². The third kappa shape index (κ3) is 3.66. The monoisotopic (exact) mass is 331 g/mol. The number of anilines is 1. The van der Waals surface area contributed by atoms with Crippen LogP contribution in [0, 0.1) is 5.92 Å². The summed E-state index contributed by atoms with van der Waals surface area (Å²) in [6.07, 6.45) is 2.88. The smallest absolute Gasteiger partial charge is 0.223 e. The van der Waals surface area contributed by atoms with Crippen LogP contribution in [0.15, 0.2) is 18.2 Å². The lowest BCUT2D eigenvalue weighted by Crippen LogP contribution is -2.42. The van der Waals surface area contributed by atoms with Gasteiger partial charge in [-0.15, -0.1) is 0 Å². The van der Waals surface area contributed by atoms with Crippen LogP contribution < -0.4 is 10.2 Å². The first-order valence-electron chi connectivity index (χ1n) is 8.51. The summed E-state index contributed by atoms with van der Waals surface area (Å²) in [5.41, 5.74) is 2.44. The van der Waals surface area contributed by atoms with Crippen LogP contribution in [0.2, 0.25) is 0 Å². The molecule has 1 aliphatic rings. The van der Waals surface area contributed by atoms with Gasteiger partial charge in [0.25, 0.3) is 0 Å². The molecule has 0 saturated carbocycles. The number of carbonyl (C=O) groups is 1. The molecule has 3 rings (SSSR count). The van der Waals surface area contributed by atoms with Crippen molar-refractivity contribution in [3.8, 4) is 0 Å². The predicted molar refractivity (Wildman–Crippen MR) is 97.2 cm³/mol. The molecule has 1 N–H and O–H groups in total. The Kier molecular flexibility index (Phi) is 4.85. The van der Waals surface area contributed by atoms with Gasteiger partial charge in [0.2, 0.25) is 5.91 Å². The second kappa shape index (κ2) is 6.87. The molecule has 0 spiro atoms. The molecule has 124 valence electrons. The van der Waals surface area contributed by atoms with Crippen molar-refractivity contribution in [1.29, 1.82) is 0 Å². The van der Waals surface area contributed by atoms with Crippen LogP contribution >= 0.6 is 11.3 Å². The average molecular weight is 331 g/mol. The Hall–Kier alpha value is -1.62. The number of thiazole rings is 1. The van der Waals surface area contributed by atoms with Crippen LogP contribution in [-0.2, 0) is 11.2 Å². The van der Waals surface area contributed by atoms with Crippen molar-refractivity contribution >= 4 is 32.6 Å². The fourth-order valence-corrected chi connectivity index (χ4v) is 4.13. The maximum Gasteiger partial charge on any atom is 0.223 e. The van der Waals surface area contributed by atoms with Crippen LogP contribution in [0.4, 0.5) is 5.13 Å². The normalized spacial score (nSPS) is 16.3. The number of hydrogen-bond donors (Lipinski definition) is 1. The topological polar surface area (TPSA) is 45.2 Å². The zero-order valence-corrected chi connectivity index (χ0v) is 14.9. The molecule has 0 bridgehead atoms. The van der Waals surface area contributed by atoms with E-state index in [1.807, 2.05) is 13.8 Å². The maximum atomic E-state index is 12.1. The number of rotatable bonds is 4. The van der Waals surface area contributed by atoms with Gasteiger partial charge in [-0.1, -0.05) is 24.3 Å². The van der Waals surface area contributed by atoms with Crippen LogP contribution in [0.3, 0.4) is 0 Å². The summed E-state index contributed by atoms with van der Waals surface area (Å²) in [5, 5.41) is 4.12. The third-order valence-electron chi connectivity index (χ3n) is 4.42. The molecule has 0 atom stereocenters. The lowest BCUT2D eigenvalue weighted by Gasteiger charge is -2.31. The molecule has 0 unspecified atom stereocenters. The van der Waals surface area contributed by atoms with Crippen LogP contribution in [-0.4, -0.2) is 30.0 Å². The van der Waals surface area contributed by atoms with E-state index in [0.29, 0.717) is 0 Å². The highest BCUT2D eigenvalue weighted by Crippen LogP contribution is 2.32. The first kappa shape index (κ1) is 16.2. The molecule has 1 aromatic carbocycles. The van der Waals surface area contributed by atoms with Gasteiger partial charge in [0.1, 0.15) is 0 Å². The van der Waals surface area contributed by atoms with E-state index in [-0.39, 0.29) is 17.9 Å². The Labute approximate surface area is 141 Å². The fraction of sp³-hybridized carbons (Fsp3) is 0.556. The first-order chi connectivity index (χ1) is 11.1. The van der Waals surface area contributed by atoms with Gasteiger partial charge < -0.3 is 10.2 Å². The van der Waals surface area contributed by atoms with E-state index in [0.717, 1.165) is 43.0 Å². The molecule has 4 nitrogen and oxygen atoms in total. The molecule has 1 saturated heterocycles. The van der Waals surface area contributed by atoms with Crippen molar-refractivity contribution in [2.75, 3.05) is 18.0 Å². The van der Waals surface area contributed by atoms with Crippen molar-refractivity contribution in [3.63, 3.8) is 0 Å². The highest BCUT2D eigenvalue weighted by atomic mass is 32.1. The number of amides is 1. The lowest BCUT2D eigenvalue weighted by atomic mass is 9.96. The molecular weight excluding hydrogens is 306 g/mol. The minimum atomic E-state index is 0.148. The van der Waals surface area contributed by atoms with Crippen LogP contribution in [0.1, 0.15) is 39.2 Å². The number of fused-ring (bicyclic) bond motifs is 1. The lowest BCUT2D eigenvalue weighted by molar-refractivity contribution is -0.126. The Morgan fingerprint density at radius 2 is 2.13 bits per heavy atom. The number of carbonyl (C=O) groups excluding carboxylic acids is 1. The summed E-state index contributed by atoms with van der Waals surface area (Å²) in [5.74, 6) is 0.353. The van der Waals surface area contributed by atoms with Gasteiger partial charge in [-0.25, -0.2) is 4.98 Å². The molecule has 1 fully saturated rings. The number of piperidine rings is 1. The van der Waals surface area contributed by atoms with Gasteiger partial charge in [0, 0.05) is 25.0 Å². The van der Waals surface area contributed by atoms with Gasteiger partial charge in [-0.3, -0.25) is 4.79 Å².